The summed E-state index contributed by atoms with van der Waals surface area (Å²) in [6.07, 6.45) is 0. The molecule has 228 valence electrons. The molecule has 0 fully saturated rings. The molecule has 0 unspecified atom stereocenters. The molecule has 2 aliphatic heterocycles. The van der Waals surface area contributed by atoms with E-state index in [2.05, 4.69) is 142 Å². The third kappa shape index (κ3) is 3.79. The first-order valence-electron chi connectivity index (χ1n) is 16.3. The third-order valence-electron chi connectivity index (χ3n) is 10.8. The second kappa shape index (κ2) is 10.1. The monoisotopic (exact) mass is 681 g/mol. The van der Waals surface area contributed by atoms with Gasteiger partial charge in [0.05, 0.1) is 0 Å². The van der Waals surface area contributed by atoms with E-state index in [0.717, 1.165) is 27.8 Å². The number of hydrogen-bond donors (Lipinski definition) is 0. The van der Waals surface area contributed by atoms with Gasteiger partial charge in [-0.25, -0.2) is 0 Å². The average molecular weight is 681 g/mol. The summed E-state index contributed by atoms with van der Waals surface area (Å²) in [5, 5.41) is 19.4. The molecular formula is C44H31N3Se. The molecule has 0 N–H and O–H groups in total. The number of nitriles is 2. The normalized spacial score (nSPS) is 15.3. The fraction of sp³-hybridized carbons (Fsp3) is 0.136. The first-order chi connectivity index (χ1) is 23.2. The molecule has 0 bridgehead atoms. The van der Waals surface area contributed by atoms with Crippen LogP contribution in [-0.2, 0) is 10.8 Å². The topological polar surface area (TPSA) is 50.8 Å². The molecule has 0 spiro atoms. The summed E-state index contributed by atoms with van der Waals surface area (Å²) in [6.45, 7) is 9.47. The Balaban J connectivity index is 1.15. The van der Waals surface area contributed by atoms with Crippen LogP contribution < -0.4 is 4.90 Å². The molecule has 5 aromatic carbocycles. The molecule has 9 rings (SSSR count). The molecule has 3 aliphatic rings. The van der Waals surface area contributed by atoms with Gasteiger partial charge in [0.2, 0.25) is 0 Å². The van der Waals surface area contributed by atoms with Gasteiger partial charge in [0.15, 0.2) is 0 Å². The van der Waals surface area contributed by atoms with Crippen molar-refractivity contribution in [3.63, 3.8) is 0 Å². The van der Waals surface area contributed by atoms with Gasteiger partial charge >= 0.3 is 289 Å². The van der Waals surface area contributed by atoms with Crippen molar-refractivity contribution < 1.29 is 0 Å². The van der Waals surface area contributed by atoms with Crippen LogP contribution >= 0.6 is 0 Å². The number of hydrogen-bond acceptors (Lipinski definition) is 3. The van der Waals surface area contributed by atoms with E-state index in [0.29, 0.717) is 0 Å². The Bertz CT molecular complexity index is 2480. The van der Waals surface area contributed by atoms with Gasteiger partial charge in [-0.2, -0.15) is 0 Å². The Morgan fingerprint density at radius 1 is 0.542 bits per heavy atom. The molecule has 0 radical (unpaired) electrons. The molecule has 0 saturated carbocycles. The molecule has 3 nitrogen and oxygen atoms in total. The standard InChI is InChI=1S/C44H31N3Se/c1-43(2)33-12-7-8-15-37(33)47-38-19-17-27(23-36(38)44(3,4)35-14-9-13-34(43)42(35)47)40-21-20-39(48-40)26-16-18-31-32(22-26)29-10-5-6-11-30(29)41(31)28(24-45)25-46/h5-23H,1-4H3. The number of rotatable bonds is 2. The van der Waals surface area contributed by atoms with E-state index in [9.17, 15) is 10.5 Å². The fourth-order valence-electron chi connectivity index (χ4n) is 8.31. The Morgan fingerprint density at radius 3 is 1.83 bits per heavy atom. The first kappa shape index (κ1) is 28.8. The van der Waals surface area contributed by atoms with E-state index in [-0.39, 0.29) is 30.9 Å². The van der Waals surface area contributed by atoms with Crippen LogP contribution in [0.5, 0.6) is 0 Å². The average Bonchev–Trinajstić information content (AvgIpc) is 3.72. The van der Waals surface area contributed by atoms with Crippen molar-refractivity contribution >= 4 is 37.1 Å². The van der Waals surface area contributed by atoms with Crippen LogP contribution in [0.1, 0.15) is 61.1 Å². The summed E-state index contributed by atoms with van der Waals surface area (Å²) in [5.74, 6) is 0. The minimum atomic E-state index is -0.164. The Morgan fingerprint density at radius 2 is 1.10 bits per heavy atom. The second-order valence-corrected chi connectivity index (χ2v) is 16.3. The van der Waals surface area contributed by atoms with Crippen LogP contribution in [0.2, 0.25) is 0 Å². The molecule has 0 saturated heterocycles. The van der Waals surface area contributed by atoms with E-state index in [1.807, 2.05) is 18.2 Å². The summed E-state index contributed by atoms with van der Waals surface area (Å²) in [4.78, 5) is 2.52. The number of benzene rings is 5. The van der Waals surface area contributed by atoms with Crippen LogP contribution in [-0.4, -0.2) is 14.5 Å². The number of nitrogens with zero attached hydrogens (tertiary/aromatic N) is 3. The zero-order valence-corrected chi connectivity index (χ0v) is 28.9. The van der Waals surface area contributed by atoms with Crippen molar-refractivity contribution in [3.8, 4) is 43.3 Å². The fourth-order valence-corrected chi connectivity index (χ4v) is 10.4. The van der Waals surface area contributed by atoms with Crippen molar-refractivity contribution in [2.24, 2.45) is 0 Å². The van der Waals surface area contributed by atoms with Gasteiger partial charge in [-0.1, -0.05) is 0 Å². The number of anilines is 3. The van der Waals surface area contributed by atoms with Crippen LogP contribution in [0.3, 0.4) is 0 Å². The molecule has 1 aromatic heterocycles. The SMILES string of the molecule is CC1(C)c2ccccc2N2c3ccc(-c4ccc(-c5ccc6c(c5)-c5ccccc5C6=C(C#N)C#N)[se]4)cc3C(C)(C)c3cccc1c32. The predicted molar refractivity (Wildman–Crippen MR) is 196 cm³/mol. The van der Waals surface area contributed by atoms with Crippen LogP contribution in [0.15, 0.2) is 121 Å². The van der Waals surface area contributed by atoms with Gasteiger partial charge in [0, 0.05) is 0 Å². The summed E-state index contributed by atoms with van der Waals surface area (Å²) in [7, 11) is 0. The summed E-state index contributed by atoms with van der Waals surface area (Å²) in [5.41, 5.74) is 16.5. The molecule has 4 heteroatoms. The Kier molecular flexibility index (Phi) is 6.04. The molecule has 6 aromatic rings. The van der Waals surface area contributed by atoms with Crippen LogP contribution in [0, 0.1) is 22.7 Å². The van der Waals surface area contributed by atoms with Crippen molar-refractivity contribution in [2.45, 2.75) is 38.5 Å². The zero-order valence-electron chi connectivity index (χ0n) is 27.2. The molecule has 48 heavy (non-hydrogen) atoms. The van der Waals surface area contributed by atoms with E-state index in [1.54, 1.807) is 0 Å². The number of allylic oxidation sites excluding steroid dienone is 1. The molecular weight excluding hydrogens is 649 g/mol. The maximum absolute atomic E-state index is 9.72. The quantitative estimate of drug-likeness (QED) is 0.135. The zero-order chi connectivity index (χ0) is 32.9. The van der Waals surface area contributed by atoms with Gasteiger partial charge in [-0.05, 0) is 0 Å². The Labute approximate surface area is 287 Å². The van der Waals surface area contributed by atoms with Gasteiger partial charge in [-0.3, -0.25) is 0 Å². The number of fused-ring (bicyclic) bond motifs is 7. The minimum absolute atomic E-state index is 0.0869. The van der Waals surface area contributed by atoms with Crippen molar-refractivity contribution in [1.29, 1.82) is 10.5 Å². The number of para-hydroxylation sites is 2. The molecule has 3 heterocycles. The third-order valence-corrected chi connectivity index (χ3v) is 13.2. The van der Waals surface area contributed by atoms with Crippen LogP contribution in [0.25, 0.3) is 36.7 Å². The maximum atomic E-state index is 9.72. The summed E-state index contributed by atoms with van der Waals surface area (Å²) >= 11 is 0.120. The molecule has 1 aliphatic carbocycles. The molecule has 0 atom stereocenters. The van der Waals surface area contributed by atoms with Crippen molar-refractivity contribution in [2.75, 3.05) is 4.90 Å². The summed E-state index contributed by atoms with van der Waals surface area (Å²) in [6, 6.07) is 46.3. The van der Waals surface area contributed by atoms with Crippen LogP contribution in [0.4, 0.5) is 17.1 Å². The predicted octanol–water partition coefficient (Wildman–Crippen LogP) is 10.7. The molecule has 0 amide bonds. The van der Waals surface area contributed by atoms with Gasteiger partial charge in [0.1, 0.15) is 0 Å². The van der Waals surface area contributed by atoms with Crippen molar-refractivity contribution in [1.82, 2.24) is 0 Å². The summed E-state index contributed by atoms with van der Waals surface area (Å²) < 4.78 is 2.70. The van der Waals surface area contributed by atoms with E-state index in [4.69, 9.17) is 0 Å². The van der Waals surface area contributed by atoms with Gasteiger partial charge in [-0.15, -0.1) is 0 Å². The first-order valence-corrected chi connectivity index (χ1v) is 18.0. The van der Waals surface area contributed by atoms with Gasteiger partial charge in [0.25, 0.3) is 0 Å². The van der Waals surface area contributed by atoms with Crippen molar-refractivity contribution in [3.05, 3.63) is 154 Å². The second-order valence-electron chi connectivity index (χ2n) is 14.0. The Hall–Kier alpha value is -5.38. The van der Waals surface area contributed by atoms with E-state index >= 15 is 0 Å². The van der Waals surface area contributed by atoms with E-state index < -0.39 is 0 Å². The van der Waals surface area contributed by atoms with Gasteiger partial charge < -0.3 is 0 Å². The van der Waals surface area contributed by atoms with E-state index in [1.165, 1.54) is 59.3 Å².